The first kappa shape index (κ1) is 13.4. The second kappa shape index (κ2) is 5.44. The molecule has 0 saturated heterocycles. The zero-order chi connectivity index (χ0) is 14.8. The fourth-order valence-electron chi connectivity index (χ4n) is 2.60. The van der Waals surface area contributed by atoms with Gasteiger partial charge in [0, 0.05) is 29.9 Å². The van der Waals surface area contributed by atoms with E-state index >= 15 is 0 Å². The summed E-state index contributed by atoms with van der Waals surface area (Å²) in [6.07, 6.45) is 2.84. The second-order valence-electron chi connectivity index (χ2n) is 5.36. The predicted octanol–water partition coefficient (Wildman–Crippen LogP) is 3.86. The Hall–Kier alpha value is -2.55. The zero-order valence-electron chi connectivity index (χ0n) is 12.3. The van der Waals surface area contributed by atoms with Gasteiger partial charge in [0.1, 0.15) is 0 Å². The Morgan fingerprint density at radius 1 is 1.10 bits per heavy atom. The number of aryl methyl sites for hydroxylation is 1. The van der Waals surface area contributed by atoms with Crippen molar-refractivity contribution >= 4 is 22.9 Å². The topological polar surface area (TPSA) is 25.2 Å². The van der Waals surface area contributed by atoms with E-state index in [-0.39, 0.29) is 0 Å². The van der Waals surface area contributed by atoms with Crippen LogP contribution in [-0.2, 0) is 6.67 Å². The molecule has 0 atom stereocenters. The summed E-state index contributed by atoms with van der Waals surface area (Å²) in [7, 11) is 2.06. The number of benzene rings is 2. The Morgan fingerprint density at radius 3 is 2.52 bits per heavy atom. The van der Waals surface area contributed by atoms with Gasteiger partial charge in [0.05, 0.1) is 12.2 Å². The maximum Gasteiger partial charge on any atom is 0.152 e. The van der Waals surface area contributed by atoms with Crippen molar-refractivity contribution in [1.29, 1.82) is 0 Å². The molecule has 0 unspecified atom stereocenters. The molecule has 0 fully saturated rings. The minimum absolute atomic E-state index is 0.706. The lowest BCUT2D eigenvalue weighted by molar-refractivity contribution is 0.112. The van der Waals surface area contributed by atoms with Crippen molar-refractivity contribution in [2.45, 2.75) is 13.6 Å². The van der Waals surface area contributed by atoms with Crippen molar-refractivity contribution in [1.82, 2.24) is 4.57 Å². The van der Waals surface area contributed by atoms with Crippen molar-refractivity contribution in [3.8, 4) is 0 Å². The van der Waals surface area contributed by atoms with Crippen LogP contribution in [0.1, 0.15) is 15.9 Å². The molecule has 106 valence electrons. The number of carbonyl (C=O) groups excluding carboxylic acids is 1. The molecule has 0 N–H and O–H groups in total. The Balaban J connectivity index is 1.94. The maximum atomic E-state index is 11.2. The molecule has 0 amide bonds. The van der Waals surface area contributed by atoms with E-state index in [2.05, 4.69) is 47.7 Å². The van der Waals surface area contributed by atoms with Crippen LogP contribution in [0.15, 0.2) is 54.7 Å². The molecule has 3 heteroatoms. The van der Waals surface area contributed by atoms with E-state index in [0.29, 0.717) is 6.67 Å². The average molecular weight is 278 g/mol. The molecule has 0 radical (unpaired) electrons. The van der Waals surface area contributed by atoms with Gasteiger partial charge < -0.3 is 9.47 Å². The zero-order valence-corrected chi connectivity index (χ0v) is 12.3. The highest BCUT2D eigenvalue weighted by molar-refractivity contribution is 5.97. The van der Waals surface area contributed by atoms with Crippen LogP contribution in [-0.4, -0.2) is 17.9 Å². The molecule has 0 aliphatic rings. The quantitative estimate of drug-likeness (QED) is 0.677. The standard InChI is InChI=1S/C18H18N2O/c1-14-7-9-16(10-8-14)19(2)13-20-11-15(12-21)17-5-3-4-6-18(17)20/h3-12H,13H2,1-2H3. The number of fused-ring (bicyclic) bond motifs is 1. The molecule has 0 aliphatic carbocycles. The van der Waals surface area contributed by atoms with E-state index in [1.807, 2.05) is 30.5 Å². The summed E-state index contributed by atoms with van der Waals surface area (Å²) in [6.45, 7) is 2.79. The Kier molecular flexibility index (Phi) is 3.48. The average Bonchev–Trinajstić information content (AvgIpc) is 2.86. The van der Waals surface area contributed by atoms with Crippen LogP contribution in [0, 0.1) is 6.92 Å². The Morgan fingerprint density at radius 2 is 1.81 bits per heavy atom. The van der Waals surface area contributed by atoms with E-state index in [4.69, 9.17) is 0 Å². The first-order valence-electron chi connectivity index (χ1n) is 7.00. The van der Waals surface area contributed by atoms with Crippen LogP contribution < -0.4 is 4.90 Å². The molecule has 1 heterocycles. The summed E-state index contributed by atoms with van der Waals surface area (Å²) < 4.78 is 2.11. The van der Waals surface area contributed by atoms with Gasteiger partial charge in [-0.1, -0.05) is 35.9 Å². The van der Waals surface area contributed by atoms with E-state index < -0.39 is 0 Å². The third-order valence-electron chi connectivity index (χ3n) is 3.79. The van der Waals surface area contributed by atoms with Gasteiger partial charge in [-0.2, -0.15) is 0 Å². The lowest BCUT2D eigenvalue weighted by atomic mass is 10.2. The fraction of sp³-hybridized carbons (Fsp3) is 0.167. The van der Waals surface area contributed by atoms with Gasteiger partial charge in [0.15, 0.2) is 6.29 Å². The number of aromatic nitrogens is 1. The number of hydrogen-bond donors (Lipinski definition) is 0. The number of hydrogen-bond acceptors (Lipinski definition) is 2. The molecule has 3 aromatic rings. The van der Waals surface area contributed by atoms with Crippen molar-refractivity contribution in [2.24, 2.45) is 0 Å². The van der Waals surface area contributed by atoms with Gasteiger partial charge in [0.25, 0.3) is 0 Å². The normalized spacial score (nSPS) is 10.8. The van der Waals surface area contributed by atoms with Gasteiger partial charge in [-0.05, 0) is 25.1 Å². The summed E-state index contributed by atoms with van der Waals surface area (Å²) in [6, 6.07) is 16.4. The third-order valence-corrected chi connectivity index (χ3v) is 3.79. The molecule has 3 rings (SSSR count). The predicted molar refractivity (Wildman–Crippen MR) is 86.9 cm³/mol. The molecular weight excluding hydrogens is 260 g/mol. The molecular formula is C18H18N2O. The lowest BCUT2D eigenvalue weighted by Crippen LogP contribution is -2.20. The number of aldehydes is 1. The molecule has 3 nitrogen and oxygen atoms in total. The first-order chi connectivity index (χ1) is 10.2. The number of anilines is 1. The van der Waals surface area contributed by atoms with Crippen molar-refractivity contribution in [3.05, 3.63) is 65.9 Å². The van der Waals surface area contributed by atoms with E-state index in [1.54, 1.807) is 0 Å². The molecule has 0 aliphatic heterocycles. The molecule has 21 heavy (non-hydrogen) atoms. The molecule has 1 aromatic heterocycles. The van der Waals surface area contributed by atoms with Crippen molar-refractivity contribution < 1.29 is 4.79 Å². The van der Waals surface area contributed by atoms with Gasteiger partial charge >= 0.3 is 0 Å². The van der Waals surface area contributed by atoms with Gasteiger partial charge in [0.2, 0.25) is 0 Å². The third kappa shape index (κ3) is 2.55. The smallest absolute Gasteiger partial charge is 0.152 e. The van der Waals surface area contributed by atoms with Gasteiger partial charge in [-0.25, -0.2) is 0 Å². The van der Waals surface area contributed by atoms with Crippen molar-refractivity contribution in [3.63, 3.8) is 0 Å². The highest BCUT2D eigenvalue weighted by Gasteiger charge is 2.09. The monoisotopic (exact) mass is 278 g/mol. The minimum Gasteiger partial charge on any atom is -0.357 e. The van der Waals surface area contributed by atoms with Crippen LogP contribution in [0.2, 0.25) is 0 Å². The largest absolute Gasteiger partial charge is 0.357 e. The van der Waals surface area contributed by atoms with Crippen LogP contribution in [0.4, 0.5) is 5.69 Å². The van der Waals surface area contributed by atoms with E-state index in [1.165, 1.54) is 5.56 Å². The number of rotatable bonds is 4. The summed E-state index contributed by atoms with van der Waals surface area (Å²) in [4.78, 5) is 13.4. The first-order valence-corrected chi connectivity index (χ1v) is 7.00. The van der Waals surface area contributed by atoms with Crippen molar-refractivity contribution in [2.75, 3.05) is 11.9 Å². The molecule has 0 bridgehead atoms. The molecule has 0 spiro atoms. The summed E-state index contributed by atoms with van der Waals surface area (Å²) in [5.74, 6) is 0. The second-order valence-corrected chi connectivity index (χ2v) is 5.36. The van der Waals surface area contributed by atoms with E-state index in [9.17, 15) is 4.79 Å². The number of nitrogens with zero attached hydrogens (tertiary/aromatic N) is 2. The van der Waals surface area contributed by atoms with Gasteiger partial charge in [-0.3, -0.25) is 4.79 Å². The number of carbonyl (C=O) groups is 1. The van der Waals surface area contributed by atoms with Crippen LogP contribution in [0.3, 0.4) is 0 Å². The SMILES string of the molecule is Cc1ccc(N(C)Cn2cc(C=O)c3ccccc32)cc1. The minimum atomic E-state index is 0.706. The summed E-state index contributed by atoms with van der Waals surface area (Å²) in [5.41, 5.74) is 4.23. The summed E-state index contributed by atoms with van der Waals surface area (Å²) >= 11 is 0. The highest BCUT2D eigenvalue weighted by atomic mass is 16.1. The maximum absolute atomic E-state index is 11.2. The lowest BCUT2D eigenvalue weighted by Gasteiger charge is -2.21. The van der Waals surface area contributed by atoms with Gasteiger partial charge in [-0.15, -0.1) is 0 Å². The molecule has 0 saturated carbocycles. The number of para-hydroxylation sites is 1. The highest BCUT2D eigenvalue weighted by Crippen LogP contribution is 2.22. The Bertz CT molecular complexity index is 772. The van der Waals surface area contributed by atoms with Crippen LogP contribution in [0.25, 0.3) is 10.9 Å². The van der Waals surface area contributed by atoms with E-state index in [0.717, 1.165) is 28.4 Å². The summed E-state index contributed by atoms with van der Waals surface area (Å²) in [5, 5.41) is 1.00. The van der Waals surface area contributed by atoms with Crippen LogP contribution >= 0.6 is 0 Å². The Labute approximate surface area is 124 Å². The van der Waals surface area contributed by atoms with Crippen LogP contribution in [0.5, 0.6) is 0 Å². The fourth-order valence-corrected chi connectivity index (χ4v) is 2.60. The molecule has 2 aromatic carbocycles.